The first-order chi connectivity index (χ1) is 15.6. The summed E-state index contributed by atoms with van der Waals surface area (Å²) >= 11 is 1.60. The van der Waals surface area contributed by atoms with Crippen LogP contribution in [-0.2, 0) is 14.3 Å². The number of carbonyl (C=O) groups is 2. The number of morpholine rings is 1. The quantitative estimate of drug-likeness (QED) is 0.642. The minimum absolute atomic E-state index is 0.0141. The monoisotopic (exact) mass is 457 g/mol. The van der Waals surface area contributed by atoms with Crippen molar-refractivity contribution in [2.75, 3.05) is 39.5 Å². The van der Waals surface area contributed by atoms with Crippen LogP contribution in [0.3, 0.4) is 0 Å². The molecule has 0 unspecified atom stereocenters. The van der Waals surface area contributed by atoms with E-state index in [2.05, 4.69) is 15.2 Å². The van der Waals surface area contributed by atoms with Crippen molar-refractivity contribution < 1.29 is 19.1 Å². The first kappa shape index (κ1) is 22.9. The van der Waals surface area contributed by atoms with Crippen molar-refractivity contribution >= 4 is 23.2 Å². The second kappa shape index (κ2) is 10.6. The van der Waals surface area contributed by atoms with Crippen LogP contribution in [0.5, 0.6) is 0 Å². The molecule has 172 valence electrons. The van der Waals surface area contributed by atoms with Gasteiger partial charge in [0, 0.05) is 25.2 Å². The Morgan fingerprint density at radius 3 is 2.66 bits per heavy atom. The normalized spacial score (nSPS) is 18.8. The Balaban J connectivity index is 1.30. The number of amides is 1. The van der Waals surface area contributed by atoms with Gasteiger partial charge in [0.05, 0.1) is 35.0 Å². The Hall–Kier alpha value is -2.29. The van der Waals surface area contributed by atoms with E-state index in [0.29, 0.717) is 17.8 Å². The second-order valence-corrected chi connectivity index (χ2v) is 9.49. The molecule has 1 saturated carbocycles. The van der Waals surface area contributed by atoms with Gasteiger partial charge in [-0.3, -0.25) is 14.7 Å². The van der Waals surface area contributed by atoms with E-state index >= 15 is 0 Å². The average molecular weight is 458 g/mol. The number of carbonyl (C=O) groups excluding carboxylic acids is 2. The molecule has 0 bridgehead atoms. The van der Waals surface area contributed by atoms with Gasteiger partial charge in [0.1, 0.15) is 0 Å². The minimum atomic E-state index is -0.525. The maximum atomic E-state index is 12.5. The zero-order valence-electron chi connectivity index (χ0n) is 18.6. The molecule has 1 aliphatic carbocycles. The van der Waals surface area contributed by atoms with Crippen LogP contribution in [-0.4, -0.2) is 66.8 Å². The molecule has 0 aromatic carbocycles. The van der Waals surface area contributed by atoms with Gasteiger partial charge in [0.15, 0.2) is 6.61 Å². The fourth-order valence-corrected chi connectivity index (χ4v) is 5.41. The summed E-state index contributed by atoms with van der Waals surface area (Å²) in [5.74, 6) is -0.791. The largest absolute Gasteiger partial charge is 0.452 e. The third kappa shape index (κ3) is 5.36. The lowest BCUT2D eigenvalue weighted by atomic mass is 9.79. The Morgan fingerprint density at radius 2 is 1.97 bits per heavy atom. The van der Waals surface area contributed by atoms with Crippen molar-refractivity contribution in [2.45, 2.75) is 44.6 Å². The van der Waals surface area contributed by atoms with Crippen LogP contribution in [0, 0.1) is 6.92 Å². The van der Waals surface area contributed by atoms with Gasteiger partial charge in [-0.05, 0) is 43.3 Å². The Labute approximate surface area is 193 Å². The molecule has 8 heteroatoms. The first-order valence-corrected chi connectivity index (χ1v) is 12.2. The molecule has 0 spiro atoms. The highest BCUT2D eigenvalue weighted by molar-refractivity contribution is 7.13. The van der Waals surface area contributed by atoms with E-state index in [-0.39, 0.29) is 18.1 Å². The van der Waals surface area contributed by atoms with E-state index < -0.39 is 5.97 Å². The number of nitrogens with one attached hydrogen (secondary N) is 1. The number of rotatable bonds is 7. The van der Waals surface area contributed by atoms with E-state index in [0.717, 1.165) is 49.7 Å². The lowest BCUT2D eigenvalue weighted by Crippen LogP contribution is -2.59. The molecule has 2 aliphatic rings. The van der Waals surface area contributed by atoms with Crippen molar-refractivity contribution in [3.8, 4) is 10.6 Å². The molecule has 4 rings (SSSR count). The van der Waals surface area contributed by atoms with E-state index in [1.165, 1.54) is 19.3 Å². The maximum absolute atomic E-state index is 12.5. The summed E-state index contributed by atoms with van der Waals surface area (Å²) in [5, 5.41) is 5.02. The highest BCUT2D eigenvalue weighted by Crippen LogP contribution is 2.34. The number of pyridine rings is 1. The number of ether oxygens (including phenoxy) is 2. The summed E-state index contributed by atoms with van der Waals surface area (Å²) in [4.78, 5) is 33.1. The average Bonchev–Trinajstić information content (AvgIpc) is 3.37. The number of aromatic nitrogens is 1. The Bertz CT molecular complexity index is 919. The number of hydrogen-bond donors (Lipinski definition) is 1. The first-order valence-electron chi connectivity index (χ1n) is 11.4. The van der Waals surface area contributed by atoms with Gasteiger partial charge in [-0.25, -0.2) is 4.79 Å². The van der Waals surface area contributed by atoms with Gasteiger partial charge in [-0.1, -0.05) is 25.3 Å². The molecule has 2 aromatic heterocycles. The van der Waals surface area contributed by atoms with Crippen molar-refractivity contribution in [2.24, 2.45) is 0 Å². The highest BCUT2D eigenvalue weighted by Gasteiger charge is 2.38. The molecule has 0 atom stereocenters. The molecule has 0 radical (unpaired) electrons. The van der Waals surface area contributed by atoms with Gasteiger partial charge in [-0.2, -0.15) is 0 Å². The van der Waals surface area contributed by atoms with E-state index in [1.54, 1.807) is 24.3 Å². The Kier molecular flexibility index (Phi) is 7.55. The number of thiophene rings is 1. The summed E-state index contributed by atoms with van der Waals surface area (Å²) in [7, 11) is 0. The molecule has 1 saturated heterocycles. The van der Waals surface area contributed by atoms with Crippen molar-refractivity contribution in [3.05, 3.63) is 40.9 Å². The van der Waals surface area contributed by atoms with Crippen molar-refractivity contribution in [1.82, 2.24) is 15.2 Å². The van der Waals surface area contributed by atoms with Crippen LogP contribution in [0.1, 0.15) is 48.2 Å². The van der Waals surface area contributed by atoms with E-state index in [1.807, 2.05) is 23.6 Å². The fraction of sp³-hybridized carbons (Fsp3) is 0.542. The highest BCUT2D eigenvalue weighted by atomic mass is 32.1. The Morgan fingerprint density at radius 1 is 1.19 bits per heavy atom. The summed E-state index contributed by atoms with van der Waals surface area (Å²) in [6.07, 6.45) is 5.76. The van der Waals surface area contributed by atoms with Crippen LogP contribution in [0.2, 0.25) is 0 Å². The van der Waals surface area contributed by atoms with Crippen LogP contribution >= 0.6 is 11.3 Å². The topological polar surface area (TPSA) is 80.8 Å². The van der Waals surface area contributed by atoms with Gasteiger partial charge in [0.25, 0.3) is 5.91 Å². The summed E-state index contributed by atoms with van der Waals surface area (Å²) < 4.78 is 10.8. The number of esters is 1. The molecular weight excluding hydrogens is 426 g/mol. The van der Waals surface area contributed by atoms with E-state index in [9.17, 15) is 9.59 Å². The number of aryl methyl sites for hydroxylation is 1. The van der Waals surface area contributed by atoms with Crippen LogP contribution in [0.4, 0.5) is 0 Å². The van der Waals surface area contributed by atoms with Crippen molar-refractivity contribution in [1.29, 1.82) is 0 Å². The molecule has 2 fully saturated rings. The summed E-state index contributed by atoms with van der Waals surface area (Å²) in [6.45, 7) is 5.36. The molecule has 1 N–H and O–H groups in total. The maximum Gasteiger partial charge on any atom is 0.340 e. The molecule has 1 amide bonds. The zero-order chi connectivity index (χ0) is 22.4. The van der Waals surface area contributed by atoms with Gasteiger partial charge in [-0.15, -0.1) is 11.3 Å². The molecular formula is C24H31N3O4S. The fourth-order valence-electron chi connectivity index (χ4n) is 4.71. The van der Waals surface area contributed by atoms with Crippen LogP contribution in [0.15, 0.2) is 29.6 Å². The predicted octanol–water partition coefficient (Wildman–Crippen LogP) is 3.43. The lowest BCUT2D eigenvalue weighted by Gasteiger charge is -2.48. The number of hydrogen-bond acceptors (Lipinski definition) is 7. The lowest BCUT2D eigenvalue weighted by molar-refractivity contribution is -0.125. The van der Waals surface area contributed by atoms with E-state index in [4.69, 9.17) is 9.47 Å². The number of nitrogens with zero attached hydrogens (tertiary/aromatic N) is 2. The molecule has 7 nitrogen and oxygen atoms in total. The molecule has 1 aliphatic heterocycles. The van der Waals surface area contributed by atoms with Gasteiger partial charge in [0.2, 0.25) is 0 Å². The SMILES string of the molecule is Cc1nc(-c2cccs2)ccc1C(=O)OCC(=O)NCC1(N2CCOCC2)CCCCC1. The van der Waals surface area contributed by atoms with Gasteiger partial charge >= 0.3 is 5.97 Å². The molecule has 2 aromatic rings. The summed E-state index contributed by atoms with van der Waals surface area (Å²) in [5.41, 5.74) is 1.79. The van der Waals surface area contributed by atoms with Crippen LogP contribution in [0.25, 0.3) is 10.6 Å². The second-order valence-electron chi connectivity index (χ2n) is 8.54. The molecule has 3 heterocycles. The zero-order valence-corrected chi connectivity index (χ0v) is 19.4. The van der Waals surface area contributed by atoms with Crippen LogP contribution < -0.4 is 5.32 Å². The smallest absolute Gasteiger partial charge is 0.340 e. The predicted molar refractivity (Wildman–Crippen MR) is 124 cm³/mol. The van der Waals surface area contributed by atoms with Gasteiger partial charge < -0.3 is 14.8 Å². The standard InChI is InChI=1S/C24H31N3O4S/c1-18-19(7-8-20(26-18)21-6-5-15-32-21)23(29)31-16-22(28)25-17-24(9-3-2-4-10-24)27-11-13-30-14-12-27/h5-8,15H,2-4,9-14,16-17H2,1H3,(H,25,28). The molecule has 32 heavy (non-hydrogen) atoms. The summed E-state index contributed by atoms with van der Waals surface area (Å²) in [6, 6.07) is 7.48. The third-order valence-electron chi connectivity index (χ3n) is 6.49. The van der Waals surface area contributed by atoms with Crippen molar-refractivity contribution in [3.63, 3.8) is 0 Å². The minimum Gasteiger partial charge on any atom is -0.452 e. The third-order valence-corrected chi connectivity index (χ3v) is 7.39.